The Morgan fingerprint density at radius 1 is 0.966 bits per heavy atom. The molecule has 0 aliphatic heterocycles. The molecule has 6 nitrogen and oxygen atoms in total. The summed E-state index contributed by atoms with van der Waals surface area (Å²) in [6, 6.07) is 17.2. The van der Waals surface area contributed by atoms with Crippen LogP contribution in [0.4, 0.5) is 11.4 Å². The number of rotatable bonds is 8. The normalized spacial score (nSPS) is 11.8. The third-order valence-corrected chi connectivity index (χ3v) is 5.82. The number of nitrogens with zero attached hydrogens (tertiary/aromatic N) is 2. The van der Waals surface area contributed by atoms with Gasteiger partial charge in [-0.1, -0.05) is 51.1 Å². The van der Waals surface area contributed by atoms with E-state index in [9.17, 15) is 13.2 Å². The van der Waals surface area contributed by atoms with Crippen molar-refractivity contribution in [3.8, 4) is 0 Å². The predicted molar refractivity (Wildman–Crippen MR) is 120 cm³/mol. The standard InChI is InChI=1S/C22H31N3O3S/c1-22(2,3)18-11-13-20(14-12-18)25(29(5,27)28)17-21(26)23-15-16-24(4)19-9-7-6-8-10-19/h6-14H,15-17H2,1-5H3,(H,23,26). The van der Waals surface area contributed by atoms with Gasteiger partial charge in [-0.3, -0.25) is 9.10 Å². The van der Waals surface area contributed by atoms with E-state index in [-0.39, 0.29) is 17.9 Å². The van der Waals surface area contributed by atoms with Crippen molar-refractivity contribution in [3.05, 3.63) is 60.2 Å². The average Bonchev–Trinajstić information content (AvgIpc) is 2.65. The topological polar surface area (TPSA) is 69.7 Å². The predicted octanol–water partition coefficient (Wildman–Crippen LogP) is 3.00. The maximum Gasteiger partial charge on any atom is 0.240 e. The third kappa shape index (κ3) is 6.78. The van der Waals surface area contributed by atoms with Crippen LogP contribution in [0.5, 0.6) is 0 Å². The first-order valence-corrected chi connectivity index (χ1v) is 11.4. The molecule has 0 spiro atoms. The molecule has 0 saturated carbocycles. The van der Waals surface area contributed by atoms with Crippen LogP contribution in [0.3, 0.4) is 0 Å². The molecule has 0 aromatic heterocycles. The van der Waals surface area contributed by atoms with Gasteiger partial charge in [-0.15, -0.1) is 0 Å². The van der Waals surface area contributed by atoms with Crippen LogP contribution in [0.1, 0.15) is 26.3 Å². The number of carbonyl (C=O) groups excluding carboxylic acids is 1. The van der Waals surface area contributed by atoms with E-state index in [2.05, 4.69) is 26.1 Å². The number of nitrogens with one attached hydrogen (secondary N) is 1. The molecule has 7 heteroatoms. The first kappa shape index (κ1) is 22.7. The third-order valence-electron chi connectivity index (χ3n) is 4.68. The molecule has 1 amide bonds. The summed E-state index contributed by atoms with van der Waals surface area (Å²) < 4.78 is 25.6. The van der Waals surface area contributed by atoms with Crippen molar-refractivity contribution in [1.29, 1.82) is 0 Å². The fourth-order valence-corrected chi connectivity index (χ4v) is 3.75. The van der Waals surface area contributed by atoms with Gasteiger partial charge >= 0.3 is 0 Å². The Hall–Kier alpha value is -2.54. The van der Waals surface area contributed by atoms with Gasteiger partial charge in [0.1, 0.15) is 6.54 Å². The summed E-state index contributed by atoms with van der Waals surface area (Å²) in [4.78, 5) is 14.4. The van der Waals surface area contributed by atoms with Crippen LogP contribution < -0.4 is 14.5 Å². The second-order valence-electron chi connectivity index (χ2n) is 8.17. The van der Waals surface area contributed by atoms with Crippen molar-refractivity contribution < 1.29 is 13.2 Å². The van der Waals surface area contributed by atoms with Crippen molar-refractivity contribution in [1.82, 2.24) is 5.32 Å². The molecule has 0 bridgehead atoms. The summed E-state index contributed by atoms with van der Waals surface area (Å²) in [6.45, 7) is 7.07. The van der Waals surface area contributed by atoms with E-state index in [0.717, 1.165) is 21.8 Å². The number of likely N-dealkylation sites (N-methyl/N-ethyl adjacent to an activating group) is 1. The van der Waals surface area contributed by atoms with Crippen molar-refractivity contribution in [3.63, 3.8) is 0 Å². The highest BCUT2D eigenvalue weighted by Crippen LogP contribution is 2.25. The summed E-state index contributed by atoms with van der Waals surface area (Å²) in [5.41, 5.74) is 2.61. The van der Waals surface area contributed by atoms with Crippen molar-refractivity contribution >= 4 is 27.3 Å². The molecule has 0 aliphatic carbocycles. The minimum absolute atomic E-state index is 0.0311. The highest BCUT2D eigenvalue weighted by molar-refractivity contribution is 7.92. The second kappa shape index (κ2) is 9.31. The summed E-state index contributed by atoms with van der Waals surface area (Å²) in [5, 5.41) is 2.80. The van der Waals surface area contributed by atoms with Crippen LogP contribution in [0.15, 0.2) is 54.6 Å². The van der Waals surface area contributed by atoms with E-state index >= 15 is 0 Å². The smallest absolute Gasteiger partial charge is 0.240 e. The Morgan fingerprint density at radius 3 is 2.07 bits per heavy atom. The summed E-state index contributed by atoms with van der Waals surface area (Å²) in [7, 11) is -1.64. The molecule has 1 N–H and O–H groups in total. The summed E-state index contributed by atoms with van der Waals surface area (Å²) in [5.74, 6) is -0.336. The number of carbonyl (C=O) groups is 1. The number of benzene rings is 2. The van der Waals surface area contributed by atoms with Gasteiger partial charge in [0, 0.05) is 25.8 Å². The zero-order chi connectivity index (χ0) is 21.7. The lowest BCUT2D eigenvalue weighted by Gasteiger charge is -2.24. The van der Waals surface area contributed by atoms with E-state index in [0.29, 0.717) is 18.8 Å². The second-order valence-corrected chi connectivity index (χ2v) is 10.1. The average molecular weight is 418 g/mol. The maximum atomic E-state index is 12.4. The Labute approximate surface area is 174 Å². The van der Waals surface area contributed by atoms with E-state index < -0.39 is 10.0 Å². The van der Waals surface area contributed by atoms with Gasteiger partial charge in [-0.05, 0) is 35.2 Å². The molecule has 2 aromatic rings. The lowest BCUT2D eigenvalue weighted by Crippen LogP contribution is -2.42. The monoisotopic (exact) mass is 417 g/mol. The first-order valence-electron chi connectivity index (χ1n) is 9.59. The fourth-order valence-electron chi connectivity index (χ4n) is 2.89. The molecule has 0 heterocycles. The molecule has 0 atom stereocenters. The molecule has 0 unspecified atom stereocenters. The van der Waals surface area contributed by atoms with Gasteiger partial charge in [0.25, 0.3) is 0 Å². The Bertz CT molecular complexity index is 905. The van der Waals surface area contributed by atoms with Crippen LogP contribution in [-0.4, -0.2) is 47.3 Å². The van der Waals surface area contributed by atoms with Gasteiger partial charge < -0.3 is 10.2 Å². The van der Waals surface area contributed by atoms with Gasteiger partial charge in [0.15, 0.2) is 0 Å². The highest BCUT2D eigenvalue weighted by Gasteiger charge is 2.22. The van der Waals surface area contributed by atoms with E-state index in [4.69, 9.17) is 0 Å². The summed E-state index contributed by atoms with van der Waals surface area (Å²) in [6.07, 6.45) is 1.11. The van der Waals surface area contributed by atoms with E-state index in [1.807, 2.05) is 54.4 Å². The maximum absolute atomic E-state index is 12.4. The number of anilines is 2. The molecular formula is C22H31N3O3S. The van der Waals surface area contributed by atoms with E-state index in [1.165, 1.54) is 0 Å². The Balaban J connectivity index is 1.99. The Morgan fingerprint density at radius 2 is 1.55 bits per heavy atom. The minimum atomic E-state index is -3.58. The molecule has 2 aromatic carbocycles. The van der Waals surface area contributed by atoms with Gasteiger partial charge in [-0.25, -0.2) is 8.42 Å². The van der Waals surface area contributed by atoms with Crippen LogP contribution in [-0.2, 0) is 20.2 Å². The molecule has 2 rings (SSSR count). The zero-order valence-electron chi connectivity index (χ0n) is 17.8. The minimum Gasteiger partial charge on any atom is -0.373 e. The van der Waals surface area contributed by atoms with Crippen LogP contribution in [0.25, 0.3) is 0 Å². The highest BCUT2D eigenvalue weighted by atomic mass is 32.2. The van der Waals surface area contributed by atoms with Gasteiger partial charge in [-0.2, -0.15) is 0 Å². The lowest BCUT2D eigenvalue weighted by molar-refractivity contribution is -0.119. The summed E-state index contributed by atoms with van der Waals surface area (Å²) >= 11 is 0. The number of hydrogen-bond donors (Lipinski definition) is 1. The van der Waals surface area contributed by atoms with Crippen LogP contribution in [0, 0.1) is 0 Å². The molecular weight excluding hydrogens is 386 g/mol. The van der Waals surface area contributed by atoms with Crippen molar-refractivity contribution in [2.45, 2.75) is 26.2 Å². The number of sulfonamides is 1. The lowest BCUT2D eigenvalue weighted by atomic mass is 9.87. The molecule has 0 aliphatic rings. The molecule has 0 saturated heterocycles. The number of para-hydroxylation sites is 1. The first-order chi connectivity index (χ1) is 13.5. The zero-order valence-corrected chi connectivity index (χ0v) is 18.7. The SMILES string of the molecule is CN(CCNC(=O)CN(c1ccc(C(C)(C)C)cc1)S(C)(=O)=O)c1ccccc1. The fraction of sp³-hybridized carbons (Fsp3) is 0.409. The van der Waals surface area contributed by atoms with Gasteiger partial charge in [0.2, 0.25) is 15.9 Å². The quantitative estimate of drug-likeness (QED) is 0.717. The number of amides is 1. The van der Waals surface area contributed by atoms with Crippen molar-refractivity contribution in [2.24, 2.45) is 0 Å². The molecule has 0 fully saturated rings. The van der Waals surface area contributed by atoms with E-state index in [1.54, 1.807) is 12.1 Å². The molecule has 158 valence electrons. The Kier molecular flexibility index (Phi) is 7.30. The molecule has 29 heavy (non-hydrogen) atoms. The van der Waals surface area contributed by atoms with Gasteiger partial charge in [0.05, 0.1) is 11.9 Å². The van der Waals surface area contributed by atoms with Crippen molar-refractivity contribution in [2.75, 3.05) is 42.1 Å². The molecule has 0 radical (unpaired) electrons. The van der Waals surface area contributed by atoms with Crippen LogP contribution >= 0.6 is 0 Å². The largest absolute Gasteiger partial charge is 0.373 e. The number of hydrogen-bond acceptors (Lipinski definition) is 4. The van der Waals surface area contributed by atoms with Crippen LogP contribution in [0.2, 0.25) is 0 Å².